The third-order valence-electron chi connectivity index (χ3n) is 9.23. The molecule has 6 aromatic rings. The number of imidazole rings is 1. The molecule has 0 spiro atoms. The number of carbonyl (C=O) groups is 2. The summed E-state index contributed by atoms with van der Waals surface area (Å²) in [6.45, 7) is 0.606. The molecule has 1 saturated heterocycles. The Kier molecular flexibility index (Phi) is 12.0. The largest absolute Gasteiger partial charge is 0.453 e. The maximum absolute atomic E-state index is 14.2. The summed E-state index contributed by atoms with van der Waals surface area (Å²) in [5, 5.41) is 18.4. The summed E-state index contributed by atoms with van der Waals surface area (Å²) >= 11 is 1.43. The number of morpholine rings is 1. The fourth-order valence-electron chi connectivity index (χ4n) is 6.59. The Balaban J connectivity index is 1.04. The monoisotopic (exact) mass is 744 g/mol. The fraction of sp³-hybridized carbons (Fsp3) is 0.250. The molecular weight excluding hydrogens is 705 g/mol. The van der Waals surface area contributed by atoms with Gasteiger partial charge in [-0.2, -0.15) is 0 Å². The maximum atomic E-state index is 14.2. The number of carbonyl (C=O) groups excluding carboxylic acids is 2. The molecular formula is C40H40N8O5S. The predicted molar refractivity (Wildman–Crippen MR) is 204 cm³/mol. The molecule has 54 heavy (non-hydrogen) atoms. The van der Waals surface area contributed by atoms with Crippen LogP contribution in [0.1, 0.15) is 40.9 Å². The zero-order valence-electron chi connectivity index (χ0n) is 29.5. The minimum absolute atomic E-state index is 0.130. The van der Waals surface area contributed by atoms with E-state index in [1.807, 2.05) is 97.1 Å². The van der Waals surface area contributed by atoms with Crippen LogP contribution in [0, 0.1) is 0 Å². The number of alkyl carbamates (subject to hydrolysis) is 1. The van der Waals surface area contributed by atoms with Gasteiger partial charge in [0.25, 0.3) is 5.22 Å². The summed E-state index contributed by atoms with van der Waals surface area (Å²) in [7, 11) is 1.28. The Morgan fingerprint density at radius 1 is 0.926 bits per heavy atom. The van der Waals surface area contributed by atoms with Gasteiger partial charge in [-0.05, 0) is 47.7 Å². The summed E-state index contributed by atoms with van der Waals surface area (Å²) in [6, 6.07) is 29.5. The van der Waals surface area contributed by atoms with Crippen molar-refractivity contribution in [3.63, 3.8) is 0 Å². The molecule has 4 N–H and O–H groups in total. The van der Waals surface area contributed by atoms with Crippen LogP contribution < -0.4 is 16.0 Å². The van der Waals surface area contributed by atoms with Gasteiger partial charge >= 0.3 is 6.09 Å². The summed E-state index contributed by atoms with van der Waals surface area (Å²) in [6.07, 6.45) is 7.11. The molecule has 4 heterocycles. The first-order valence-electron chi connectivity index (χ1n) is 17.6. The summed E-state index contributed by atoms with van der Waals surface area (Å²) in [5.41, 5.74) is 4.15. The van der Waals surface area contributed by atoms with Crippen LogP contribution in [0.4, 0.5) is 10.5 Å². The number of methoxy groups -OCH3 is 1. The molecule has 3 aromatic heterocycles. The van der Waals surface area contributed by atoms with Gasteiger partial charge in [-0.1, -0.05) is 90.6 Å². The third-order valence-corrected chi connectivity index (χ3v) is 10.1. The second-order valence-electron chi connectivity index (χ2n) is 12.7. The molecule has 0 unspecified atom stereocenters. The number of aromatic nitrogens is 5. The molecule has 4 atom stereocenters. The smallest absolute Gasteiger partial charge is 0.407 e. The second-order valence-corrected chi connectivity index (χ2v) is 13.6. The average molecular weight is 745 g/mol. The SMILES string of the molecule is COC(=O)N[C@H](C(=O)Nc1ccccc1CC[C@@H]1CN[C@H](c2ncc[nH]2)[C@@H](CSc2nnc(-c3ccncc3)o2)O1)C(c1ccccc1)c1ccccc1. The Morgan fingerprint density at radius 2 is 1.65 bits per heavy atom. The molecule has 0 radical (unpaired) electrons. The van der Waals surface area contributed by atoms with Gasteiger partial charge in [0.2, 0.25) is 11.8 Å². The van der Waals surface area contributed by atoms with Gasteiger partial charge in [0.05, 0.1) is 25.4 Å². The molecule has 0 bridgehead atoms. The maximum Gasteiger partial charge on any atom is 0.407 e. The number of hydrogen-bond acceptors (Lipinski definition) is 11. The number of para-hydroxylation sites is 1. The number of H-pyrrole nitrogens is 1. The van der Waals surface area contributed by atoms with Crippen molar-refractivity contribution in [2.75, 3.05) is 24.7 Å². The van der Waals surface area contributed by atoms with E-state index >= 15 is 0 Å². The molecule has 1 aliphatic heterocycles. The van der Waals surface area contributed by atoms with E-state index in [-0.39, 0.29) is 24.2 Å². The van der Waals surface area contributed by atoms with E-state index in [1.54, 1.807) is 24.8 Å². The molecule has 276 valence electrons. The summed E-state index contributed by atoms with van der Waals surface area (Å²) in [5.74, 6) is 0.906. The minimum atomic E-state index is -0.974. The van der Waals surface area contributed by atoms with Crippen LogP contribution in [-0.2, 0) is 20.7 Å². The van der Waals surface area contributed by atoms with E-state index in [1.165, 1.54) is 18.9 Å². The van der Waals surface area contributed by atoms with Crippen LogP contribution in [0.25, 0.3) is 11.5 Å². The van der Waals surface area contributed by atoms with E-state index < -0.39 is 18.1 Å². The zero-order valence-corrected chi connectivity index (χ0v) is 30.3. The van der Waals surface area contributed by atoms with Crippen LogP contribution in [0.3, 0.4) is 0 Å². The van der Waals surface area contributed by atoms with Crippen molar-refractivity contribution in [1.82, 2.24) is 35.8 Å². The van der Waals surface area contributed by atoms with Gasteiger partial charge in [-0.25, -0.2) is 9.78 Å². The lowest BCUT2D eigenvalue weighted by Crippen LogP contribution is -2.48. The number of nitrogens with zero attached hydrogens (tertiary/aromatic N) is 4. The number of benzene rings is 3. The van der Waals surface area contributed by atoms with Gasteiger partial charge in [0, 0.05) is 54.3 Å². The summed E-state index contributed by atoms with van der Waals surface area (Å²) in [4.78, 5) is 38.6. The molecule has 3 aromatic carbocycles. The summed E-state index contributed by atoms with van der Waals surface area (Å²) < 4.78 is 17.6. The molecule has 7 rings (SSSR count). The fourth-order valence-corrected chi connectivity index (χ4v) is 7.41. The number of nitrogens with one attached hydrogen (secondary N) is 4. The van der Waals surface area contributed by atoms with E-state index in [0.717, 1.165) is 28.1 Å². The first kappa shape index (κ1) is 36.5. The number of ether oxygens (including phenoxy) is 2. The number of aromatic amines is 1. The van der Waals surface area contributed by atoms with E-state index in [4.69, 9.17) is 13.9 Å². The highest BCUT2D eigenvalue weighted by Gasteiger charge is 2.35. The minimum Gasteiger partial charge on any atom is -0.453 e. The number of thioether (sulfide) groups is 1. The van der Waals surface area contributed by atoms with Crippen molar-refractivity contribution in [3.05, 3.63) is 144 Å². The highest BCUT2D eigenvalue weighted by Crippen LogP contribution is 2.32. The molecule has 0 aliphatic carbocycles. The Morgan fingerprint density at radius 3 is 2.35 bits per heavy atom. The number of anilines is 1. The predicted octanol–water partition coefficient (Wildman–Crippen LogP) is 6.17. The van der Waals surface area contributed by atoms with E-state index in [9.17, 15) is 9.59 Å². The standard InChI is InChI=1S/C40H40N8O5S/c1-51-39(50)46-35(33(27-11-4-2-5-12-27)28-13-6-3-7-14-28)37(49)45-31-15-9-8-10-26(31)16-17-30-24-44-34(36-42-22-23-43-36)32(52-30)25-54-40-48-47-38(53-40)29-18-20-41-21-19-29/h2-15,18-23,30,32-35,44H,16-17,24-25H2,1H3,(H,42,43)(H,45,49)(H,46,50)/t30-,32-,34+,35+/m1/s1. The van der Waals surface area contributed by atoms with Crippen LogP contribution in [-0.4, -0.2) is 74.8 Å². The van der Waals surface area contributed by atoms with Crippen LogP contribution in [0.2, 0.25) is 0 Å². The molecule has 14 heteroatoms. The number of aryl methyl sites for hydroxylation is 1. The van der Waals surface area contributed by atoms with Gasteiger partial charge in [-0.15, -0.1) is 10.2 Å². The van der Waals surface area contributed by atoms with Gasteiger partial charge in [0.1, 0.15) is 11.9 Å². The third kappa shape index (κ3) is 9.02. The lowest BCUT2D eigenvalue weighted by Gasteiger charge is -2.36. The zero-order chi connectivity index (χ0) is 37.1. The van der Waals surface area contributed by atoms with Crippen molar-refractivity contribution in [2.24, 2.45) is 0 Å². The average Bonchev–Trinajstić information content (AvgIpc) is 3.94. The Bertz CT molecular complexity index is 2050. The topological polar surface area (TPSA) is 169 Å². The molecule has 1 aliphatic rings. The lowest BCUT2D eigenvalue weighted by atomic mass is 9.84. The van der Waals surface area contributed by atoms with Crippen LogP contribution in [0.15, 0.2) is 131 Å². The van der Waals surface area contributed by atoms with Crippen LogP contribution in [0.5, 0.6) is 0 Å². The van der Waals surface area contributed by atoms with Gasteiger partial charge in [0.15, 0.2) is 0 Å². The molecule has 0 saturated carbocycles. The van der Waals surface area contributed by atoms with Crippen molar-refractivity contribution in [2.45, 2.75) is 48.3 Å². The van der Waals surface area contributed by atoms with Crippen molar-refractivity contribution in [1.29, 1.82) is 0 Å². The number of amides is 2. The van der Waals surface area contributed by atoms with Crippen molar-refractivity contribution < 1.29 is 23.5 Å². The van der Waals surface area contributed by atoms with Crippen LogP contribution >= 0.6 is 11.8 Å². The first-order valence-corrected chi connectivity index (χ1v) is 18.6. The molecule has 2 amide bonds. The molecule has 1 fully saturated rings. The highest BCUT2D eigenvalue weighted by atomic mass is 32.2. The number of pyridine rings is 1. The number of hydrogen-bond donors (Lipinski definition) is 4. The second kappa shape index (κ2) is 17.8. The number of rotatable bonds is 14. The Hall–Kier alpha value is -5.83. The highest BCUT2D eigenvalue weighted by molar-refractivity contribution is 7.99. The van der Waals surface area contributed by atoms with Gasteiger partial charge in [-0.3, -0.25) is 9.78 Å². The first-order chi connectivity index (χ1) is 26.6. The van der Waals surface area contributed by atoms with E-state index in [0.29, 0.717) is 41.9 Å². The quantitative estimate of drug-likeness (QED) is 0.0941. The van der Waals surface area contributed by atoms with Gasteiger partial charge < -0.3 is 34.8 Å². The Labute approximate surface area is 316 Å². The normalized spacial score (nSPS) is 17.5. The van der Waals surface area contributed by atoms with Crippen molar-refractivity contribution >= 4 is 29.4 Å². The van der Waals surface area contributed by atoms with E-state index in [2.05, 4.69) is 41.1 Å². The molecule has 13 nitrogen and oxygen atoms in total. The lowest BCUT2D eigenvalue weighted by molar-refractivity contribution is -0.118. The van der Waals surface area contributed by atoms with Crippen molar-refractivity contribution in [3.8, 4) is 11.5 Å².